The van der Waals surface area contributed by atoms with E-state index in [2.05, 4.69) is 25.7 Å². The van der Waals surface area contributed by atoms with Gasteiger partial charge in [-0.1, -0.05) is 18.2 Å². The molecule has 0 bridgehead atoms. The first kappa shape index (κ1) is 21.9. The average molecular weight is 424 g/mol. The van der Waals surface area contributed by atoms with E-state index in [4.69, 9.17) is 5.73 Å². The lowest BCUT2D eigenvalue weighted by Crippen LogP contribution is -2.26. The minimum absolute atomic E-state index is 0. The van der Waals surface area contributed by atoms with E-state index in [-0.39, 0.29) is 36.3 Å². The summed E-state index contributed by atoms with van der Waals surface area (Å²) in [6, 6.07) is 7.47. The Morgan fingerprint density at radius 1 is 1.14 bits per heavy atom. The maximum absolute atomic E-state index is 12.5. The summed E-state index contributed by atoms with van der Waals surface area (Å²) < 4.78 is 1.47. The number of nitrogens with zero attached hydrogens (tertiary/aromatic N) is 4. The maximum atomic E-state index is 12.5. The highest BCUT2D eigenvalue weighted by Gasteiger charge is 2.15. The van der Waals surface area contributed by atoms with Crippen LogP contribution in [-0.4, -0.2) is 39.4 Å². The normalized spacial score (nSPS) is 13.0. The van der Waals surface area contributed by atoms with Crippen molar-refractivity contribution >= 4 is 47.4 Å². The number of nitrogens with one attached hydrogen (secondary N) is 2. The van der Waals surface area contributed by atoms with Gasteiger partial charge in [0.1, 0.15) is 5.82 Å². The van der Waals surface area contributed by atoms with E-state index in [1.807, 2.05) is 24.3 Å². The van der Waals surface area contributed by atoms with Gasteiger partial charge in [0, 0.05) is 30.5 Å². The van der Waals surface area contributed by atoms with Crippen molar-refractivity contribution in [2.24, 2.45) is 0 Å². The zero-order valence-electron chi connectivity index (χ0n) is 15.2. The minimum Gasteiger partial charge on any atom is -0.368 e. The van der Waals surface area contributed by atoms with Crippen LogP contribution in [0.2, 0.25) is 0 Å². The van der Waals surface area contributed by atoms with Crippen LogP contribution >= 0.6 is 24.8 Å². The van der Waals surface area contributed by atoms with Gasteiger partial charge in [0.05, 0.1) is 23.8 Å². The summed E-state index contributed by atoms with van der Waals surface area (Å²) in [4.78, 5) is 21.2. The molecule has 1 aromatic carbocycles. The highest BCUT2D eigenvalue weighted by molar-refractivity contribution is 5.85. The third kappa shape index (κ3) is 4.52. The lowest BCUT2D eigenvalue weighted by Gasteiger charge is -2.14. The molecule has 8 nitrogen and oxygen atoms in total. The first-order chi connectivity index (χ1) is 12.7. The number of hydrogen-bond donors (Lipinski definition) is 3. The summed E-state index contributed by atoms with van der Waals surface area (Å²) in [5.74, 6) is 1.03. The lowest BCUT2D eigenvalue weighted by molar-refractivity contribution is 0.603. The van der Waals surface area contributed by atoms with Gasteiger partial charge in [-0.05, 0) is 19.0 Å². The van der Waals surface area contributed by atoms with Crippen molar-refractivity contribution in [3.63, 3.8) is 0 Å². The number of benzene rings is 1. The monoisotopic (exact) mass is 423 g/mol. The van der Waals surface area contributed by atoms with Crippen LogP contribution in [0.3, 0.4) is 0 Å². The van der Waals surface area contributed by atoms with Gasteiger partial charge in [-0.3, -0.25) is 4.79 Å². The Morgan fingerprint density at radius 3 is 2.79 bits per heavy atom. The second-order valence-corrected chi connectivity index (χ2v) is 6.29. The van der Waals surface area contributed by atoms with Gasteiger partial charge in [0.25, 0.3) is 5.56 Å². The number of hydrogen-bond acceptors (Lipinski definition) is 7. The quantitative estimate of drug-likeness (QED) is 0.581. The standard InChI is InChI=1S/C18H21N7O.2ClH/c19-18-23-15-6-8-20-7-5-14(15)16(24-18)21-9-10-25-17(26)13-4-2-1-3-12(13)11-22-25;;/h1-4,11,20H,5-10H2,(H3,19,21,23,24);2*1H. The summed E-state index contributed by atoms with van der Waals surface area (Å²) in [6.07, 6.45) is 3.41. The number of aromatic nitrogens is 4. The zero-order valence-corrected chi connectivity index (χ0v) is 16.9. The van der Waals surface area contributed by atoms with Crippen LogP contribution in [0.25, 0.3) is 10.8 Å². The molecule has 0 atom stereocenters. The molecular weight excluding hydrogens is 401 g/mol. The molecule has 0 amide bonds. The highest BCUT2D eigenvalue weighted by Crippen LogP contribution is 2.20. The molecule has 0 aliphatic carbocycles. The number of rotatable bonds is 4. The first-order valence-corrected chi connectivity index (χ1v) is 8.77. The molecule has 0 saturated heterocycles. The Kier molecular flexibility index (Phi) is 7.56. The molecule has 2 aromatic heterocycles. The Bertz CT molecular complexity index is 1010. The van der Waals surface area contributed by atoms with Crippen molar-refractivity contribution in [3.8, 4) is 0 Å². The molecule has 4 rings (SSSR count). The fourth-order valence-corrected chi connectivity index (χ4v) is 3.28. The summed E-state index contributed by atoms with van der Waals surface area (Å²) in [6.45, 7) is 2.75. The second kappa shape index (κ2) is 9.68. The fraction of sp³-hybridized carbons (Fsp3) is 0.333. The van der Waals surface area contributed by atoms with Gasteiger partial charge in [-0.2, -0.15) is 10.1 Å². The van der Waals surface area contributed by atoms with Gasteiger partial charge in [0.2, 0.25) is 5.95 Å². The van der Waals surface area contributed by atoms with Gasteiger partial charge in [-0.25, -0.2) is 9.67 Å². The van der Waals surface area contributed by atoms with Crippen molar-refractivity contribution in [1.29, 1.82) is 0 Å². The Hall–Kier alpha value is -2.42. The number of fused-ring (bicyclic) bond motifs is 2. The van der Waals surface area contributed by atoms with Crippen LogP contribution in [0.4, 0.5) is 11.8 Å². The molecule has 150 valence electrons. The van der Waals surface area contributed by atoms with E-state index in [0.29, 0.717) is 18.5 Å². The molecule has 10 heteroatoms. The van der Waals surface area contributed by atoms with Crippen LogP contribution in [0.1, 0.15) is 11.3 Å². The molecule has 4 N–H and O–H groups in total. The third-order valence-electron chi connectivity index (χ3n) is 4.58. The van der Waals surface area contributed by atoms with E-state index >= 15 is 0 Å². The van der Waals surface area contributed by atoms with Gasteiger partial charge < -0.3 is 16.4 Å². The van der Waals surface area contributed by atoms with E-state index in [1.165, 1.54) is 4.68 Å². The summed E-state index contributed by atoms with van der Waals surface area (Å²) >= 11 is 0. The Labute approximate surface area is 174 Å². The van der Waals surface area contributed by atoms with E-state index in [1.54, 1.807) is 6.20 Å². The van der Waals surface area contributed by atoms with Crippen molar-refractivity contribution in [2.45, 2.75) is 19.4 Å². The molecule has 0 unspecified atom stereocenters. The van der Waals surface area contributed by atoms with Crippen LogP contribution in [0.5, 0.6) is 0 Å². The van der Waals surface area contributed by atoms with Gasteiger partial charge >= 0.3 is 0 Å². The summed E-state index contributed by atoms with van der Waals surface area (Å²) in [5, 5.41) is 12.4. The predicted molar refractivity (Wildman–Crippen MR) is 116 cm³/mol. The summed E-state index contributed by atoms with van der Waals surface area (Å²) in [5.41, 5.74) is 7.86. The molecule has 0 saturated carbocycles. The Balaban J connectivity index is 0.00000140. The smallest absolute Gasteiger partial charge is 0.274 e. The van der Waals surface area contributed by atoms with Gasteiger partial charge in [0.15, 0.2) is 0 Å². The molecule has 0 radical (unpaired) electrons. The zero-order chi connectivity index (χ0) is 17.9. The Morgan fingerprint density at radius 2 is 1.93 bits per heavy atom. The van der Waals surface area contributed by atoms with Crippen molar-refractivity contribution < 1.29 is 0 Å². The molecule has 3 aromatic rings. The van der Waals surface area contributed by atoms with Crippen LogP contribution in [0.15, 0.2) is 35.3 Å². The van der Waals surface area contributed by atoms with Crippen molar-refractivity contribution in [3.05, 3.63) is 52.1 Å². The molecular formula is C18H23Cl2N7O. The average Bonchev–Trinajstić information content (AvgIpc) is 2.89. The predicted octanol–water partition coefficient (Wildman–Crippen LogP) is 1.41. The maximum Gasteiger partial charge on any atom is 0.274 e. The van der Waals surface area contributed by atoms with E-state index in [9.17, 15) is 4.79 Å². The fourth-order valence-electron chi connectivity index (χ4n) is 3.28. The number of nitrogen functional groups attached to an aromatic ring is 1. The lowest BCUT2D eigenvalue weighted by atomic mass is 10.1. The molecule has 1 aliphatic heterocycles. The van der Waals surface area contributed by atoms with Crippen LogP contribution in [-0.2, 0) is 19.4 Å². The largest absolute Gasteiger partial charge is 0.368 e. The molecule has 3 heterocycles. The van der Waals surface area contributed by atoms with Gasteiger partial charge in [-0.15, -0.1) is 24.8 Å². The van der Waals surface area contributed by atoms with Crippen LogP contribution < -0.4 is 21.9 Å². The van der Waals surface area contributed by atoms with Crippen molar-refractivity contribution in [2.75, 3.05) is 30.7 Å². The first-order valence-electron chi connectivity index (χ1n) is 8.77. The molecule has 0 spiro atoms. The number of nitrogens with two attached hydrogens (primary N) is 1. The third-order valence-corrected chi connectivity index (χ3v) is 4.58. The molecule has 0 fully saturated rings. The minimum atomic E-state index is -0.0878. The second-order valence-electron chi connectivity index (χ2n) is 6.29. The molecule has 1 aliphatic rings. The molecule has 28 heavy (non-hydrogen) atoms. The van der Waals surface area contributed by atoms with E-state index in [0.717, 1.165) is 48.4 Å². The number of halogens is 2. The van der Waals surface area contributed by atoms with Crippen LogP contribution in [0, 0.1) is 0 Å². The SMILES string of the molecule is Cl.Cl.Nc1nc2c(c(NCCn3ncc4ccccc4c3=O)n1)CCNCC2. The topological polar surface area (TPSA) is 111 Å². The van der Waals surface area contributed by atoms with E-state index < -0.39 is 0 Å². The number of anilines is 2. The summed E-state index contributed by atoms with van der Waals surface area (Å²) in [7, 11) is 0. The highest BCUT2D eigenvalue weighted by atomic mass is 35.5. The van der Waals surface area contributed by atoms with Crippen molar-refractivity contribution in [1.82, 2.24) is 25.1 Å².